The summed E-state index contributed by atoms with van der Waals surface area (Å²) in [5.41, 5.74) is 6.00. The van der Waals surface area contributed by atoms with Gasteiger partial charge in [0.1, 0.15) is 5.75 Å². The van der Waals surface area contributed by atoms with Crippen LogP contribution in [0, 0.1) is 0 Å². The summed E-state index contributed by atoms with van der Waals surface area (Å²) in [7, 11) is 0. The van der Waals surface area contributed by atoms with Gasteiger partial charge in [0.15, 0.2) is 0 Å². The fourth-order valence-electron chi connectivity index (χ4n) is 2.27. The molecule has 0 spiro atoms. The minimum Gasteiger partial charge on any atom is -0.493 e. The highest BCUT2D eigenvalue weighted by molar-refractivity contribution is 7.14. The van der Waals surface area contributed by atoms with Gasteiger partial charge in [-0.15, -0.1) is 11.3 Å². The van der Waals surface area contributed by atoms with Crippen LogP contribution in [0.15, 0.2) is 65.1 Å². The van der Waals surface area contributed by atoms with E-state index in [0.717, 1.165) is 47.2 Å². The predicted octanol–water partition coefficient (Wildman–Crippen LogP) is 5.44. The molecule has 0 amide bonds. The van der Waals surface area contributed by atoms with E-state index < -0.39 is 0 Å². The molecule has 128 valence electrons. The Morgan fingerprint density at radius 2 is 1.92 bits per heavy atom. The molecule has 1 aromatic heterocycles. The molecule has 0 unspecified atom stereocenters. The molecule has 3 aromatic rings. The van der Waals surface area contributed by atoms with E-state index in [1.165, 1.54) is 11.3 Å². The van der Waals surface area contributed by atoms with Gasteiger partial charge in [0, 0.05) is 16.5 Å². The molecule has 5 heteroatoms. The monoisotopic (exact) mass is 351 g/mol. The number of para-hydroxylation sites is 1. The van der Waals surface area contributed by atoms with Gasteiger partial charge in [0.2, 0.25) is 5.13 Å². The van der Waals surface area contributed by atoms with Crippen LogP contribution < -0.4 is 10.2 Å². The molecule has 0 aliphatic heterocycles. The van der Waals surface area contributed by atoms with E-state index >= 15 is 0 Å². The summed E-state index contributed by atoms with van der Waals surface area (Å²) in [5, 5.41) is 7.09. The fraction of sp³-hybridized carbons (Fsp3) is 0.200. The van der Waals surface area contributed by atoms with Crippen molar-refractivity contribution in [2.45, 2.75) is 19.8 Å². The van der Waals surface area contributed by atoms with Crippen LogP contribution in [0.25, 0.3) is 11.3 Å². The molecule has 3 rings (SSSR count). The summed E-state index contributed by atoms with van der Waals surface area (Å²) in [6.45, 7) is 2.88. The Balaban J connectivity index is 1.63. The van der Waals surface area contributed by atoms with Crippen LogP contribution in [0.3, 0.4) is 0 Å². The third kappa shape index (κ3) is 4.90. The standard InChI is InChI=1S/C20H21N3OS/c1-2-3-13-24-19-12-8-7-11-17(19)14-21-23-20-22-18(15-25-20)16-9-5-4-6-10-16/h4-12,14-15H,2-3,13H2,1H3,(H,22,23)/b21-14-. The van der Waals surface area contributed by atoms with Crippen LogP contribution in [-0.2, 0) is 0 Å². The van der Waals surface area contributed by atoms with E-state index in [9.17, 15) is 0 Å². The maximum atomic E-state index is 5.81. The number of anilines is 1. The molecule has 0 saturated heterocycles. The molecule has 0 bridgehead atoms. The SMILES string of the molecule is CCCCOc1ccccc1/C=N\Nc1nc(-c2ccccc2)cs1. The maximum Gasteiger partial charge on any atom is 0.203 e. The van der Waals surface area contributed by atoms with Gasteiger partial charge >= 0.3 is 0 Å². The highest BCUT2D eigenvalue weighted by atomic mass is 32.1. The van der Waals surface area contributed by atoms with E-state index in [-0.39, 0.29) is 0 Å². The number of unbranched alkanes of at least 4 members (excludes halogenated alkanes) is 1. The lowest BCUT2D eigenvalue weighted by molar-refractivity contribution is 0.309. The largest absolute Gasteiger partial charge is 0.493 e. The molecule has 2 aromatic carbocycles. The zero-order valence-corrected chi connectivity index (χ0v) is 15.0. The molecule has 0 saturated carbocycles. The van der Waals surface area contributed by atoms with Crippen molar-refractivity contribution in [2.75, 3.05) is 12.0 Å². The van der Waals surface area contributed by atoms with Crippen molar-refractivity contribution in [3.63, 3.8) is 0 Å². The van der Waals surface area contributed by atoms with Crippen molar-refractivity contribution in [3.8, 4) is 17.0 Å². The number of hydrogen-bond donors (Lipinski definition) is 1. The molecular weight excluding hydrogens is 330 g/mol. The third-order valence-corrected chi connectivity index (χ3v) is 4.36. The number of aromatic nitrogens is 1. The van der Waals surface area contributed by atoms with Crippen LogP contribution in [-0.4, -0.2) is 17.8 Å². The average Bonchev–Trinajstić information content (AvgIpc) is 3.13. The van der Waals surface area contributed by atoms with Gasteiger partial charge < -0.3 is 4.74 Å². The molecule has 25 heavy (non-hydrogen) atoms. The third-order valence-electron chi connectivity index (χ3n) is 3.61. The topological polar surface area (TPSA) is 46.5 Å². The quantitative estimate of drug-likeness (QED) is 0.334. The number of ether oxygens (including phenoxy) is 1. The molecule has 1 heterocycles. The fourth-order valence-corrected chi connectivity index (χ4v) is 2.94. The lowest BCUT2D eigenvalue weighted by atomic mass is 10.2. The van der Waals surface area contributed by atoms with Gasteiger partial charge in [0.25, 0.3) is 0 Å². The van der Waals surface area contributed by atoms with Gasteiger partial charge in [-0.25, -0.2) is 4.98 Å². The van der Waals surface area contributed by atoms with E-state index in [4.69, 9.17) is 4.74 Å². The van der Waals surface area contributed by atoms with Gasteiger partial charge in [-0.1, -0.05) is 55.8 Å². The second kappa shape index (κ2) is 8.99. The lowest BCUT2D eigenvalue weighted by Crippen LogP contribution is -2.00. The van der Waals surface area contributed by atoms with Crippen molar-refractivity contribution in [3.05, 3.63) is 65.5 Å². The zero-order chi connectivity index (χ0) is 17.3. The first-order chi connectivity index (χ1) is 12.4. The Kier molecular flexibility index (Phi) is 6.17. The first-order valence-corrected chi connectivity index (χ1v) is 9.26. The summed E-state index contributed by atoms with van der Waals surface area (Å²) in [4.78, 5) is 4.56. The van der Waals surface area contributed by atoms with E-state index in [1.54, 1.807) is 6.21 Å². The van der Waals surface area contributed by atoms with Crippen molar-refractivity contribution in [1.29, 1.82) is 0 Å². The van der Waals surface area contributed by atoms with Crippen LogP contribution in [0.4, 0.5) is 5.13 Å². The zero-order valence-electron chi connectivity index (χ0n) is 14.2. The summed E-state index contributed by atoms with van der Waals surface area (Å²) < 4.78 is 5.81. The highest BCUT2D eigenvalue weighted by Crippen LogP contribution is 2.24. The number of hydrazone groups is 1. The summed E-state index contributed by atoms with van der Waals surface area (Å²) >= 11 is 1.53. The van der Waals surface area contributed by atoms with Gasteiger partial charge in [0.05, 0.1) is 18.5 Å². The summed E-state index contributed by atoms with van der Waals surface area (Å²) in [6, 6.07) is 18.0. The van der Waals surface area contributed by atoms with Gasteiger partial charge in [-0.2, -0.15) is 5.10 Å². The van der Waals surface area contributed by atoms with Crippen LogP contribution in [0.1, 0.15) is 25.3 Å². The minimum atomic E-state index is 0.724. The number of benzene rings is 2. The van der Waals surface area contributed by atoms with Crippen molar-refractivity contribution in [2.24, 2.45) is 5.10 Å². The molecule has 0 fully saturated rings. The molecule has 1 N–H and O–H groups in total. The van der Waals surface area contributed by atoms with Crippen LogP contribution >= 0.6 is 11.3 Å². The number of hydrogen-bond acceptors (Lipinski definition) is 5. The van der Waals surface area contributed by atoms with E-state index in [0.29, 0.717) is 0 Å². The van der Waals surface area contributed by atoms with Crippen LogP contribution in [0.2, 0.25) is 0 Å². The number of rotatable bonds is 8. The first kappa shape index (κ1) is 17.2. The van der Waals surface area contributed by atoms with Crippen molar-refractivity contribution < 1.29 is 4.74 Å². The van der Waals surface area contributed by atoms with E-state index in [2.05, 4.69) is 22.4 Å². The molecule has 0 aliphatic carbocycles. The average molecular weight is 351 g/mol. The second-order valence-corrected chi connectivity index (χ2v) is 6.37. The van der Waals surface area contributed by atoms with Gasteiger partial charge in [-0.3, -0.25) is 5.43 Å². The second-order valence-electron chi connectivity index (χ2n) is 5.51. The summed E-state index contributed by atoms with van der Waals surface area (Å²) in [6.07, 6.45) is 3.93. The van der Waals surface area contributed by atoms with Crippen molar-refractivity contribution >= 4 is 22.7 Å². The lowest BCUT2D eigenvalue weighted by Gasteiger charge is -2.07. The Labute approximate surface area is 152 Å². The Morgan fingerprint density at radius 3 is 2.76 bits per heavy atom. The Morgan fingerprint density at radius 1 is 1.12 bits per heavy atom. The normalized spacial score (nSPS) is 10.9. The molecule has 0 aliphatic rings. The predicted molar refractivity (Wildman–Crippen MR) is 106 cm³/mol. The molecule has 0 atom stereocenters. The molecular formula is C20H21N3OS. The smallest absolute Gasteiger partial charge is 0.203 e. The molecule has 0 radical (unpaired) electrons. The number of thiazole rings is 1. The minimum absolute atomic E-state index is 0.724. The molecule has 4 nitrogen and oxygen atoms in total. The van der Waals surface area contributed by atoms with E-state index in [1.807, 2.05) is 60.0 Å². The Hall–Kier alpha value is -2.66. The number of nitrogens with one attached hydrogen (secondary N) is 1. The first-order valence-electron chi connectivity index (χ1n) is 8.38. The van der Waals surface area contributed by atoms with Crippen molar-refractivity contribution in [1.82, 2.24) is 4.98 Å². The van der Waals surface area contributed by atoms with Gasteiger partial charge in [-0.05, 0) is 18.6 Å². The number of nitrogens with zero attached hydrogens (tertiary/aromatic N) is 2. The Bertz CT molecular complexity index is 815. The summed E-state index contributed by atoms with van der Waals surface area (Å²) in [5.74, 6) is 0.852. The maximum absolute atomic E-state index is 5.81. The van der Waals surface area contributed by atoms with Crippen LogP contribution in [0.5, 0.6) is 5.75 Å². The highest BCUT2D eigenvalue weighted by Gasteiger charge is 2.03.